The molecule has 6 heteroatoms. The third-order valence-corrected chi connectivity index (χ3v) is 4.20. The molecule has 1 aliphatic rings. The molecule has 0 radical (unpaired) electrons. The highest BCUT2D eigenvalue weighted by atomic mass is 79.9. The minimum atomic E-state index is -0.0824. The number of halogens is 1. The van der Waals surface area contributed by atoms with E-state index in [1.165, 1.54) is 17.5 Å². The lowest BCUT2D eigenvalue weighted by atomic mass is 10.2. The van der Waals surface area contributed by atoms with Gasteiger partial charge in [-0.25, -0.2) is 4.68 Å². The molecule has 5 nitrogen and oxygen atoms in total. The van der Waals surface area contributed by atoms with E-state index in [-0.39, 0.29) is 5.56 Å². The maximum atomic E-state index is 12.4. The number of fused-ring (bicyclic) bond motifs is 1. The molecule has 1 fully saturated rings. The standard InChI is InChI=1S/C15H13BrN4O/c16-11-1-4-14-10(7-11)8-17-20(15(14)21)9-12-5-6-19(18-12)13-2-3-13/h1,4-8,13H,2-3,9H2. The Kier molecular flexibility index (Phi) is 2.92. The SMILES string of the molecule is O=c1c2ccc(Br)cc2cnn1Cc1ccn(C2CC2)n1. The highest BCUT2D eigenvalue weighted by Gasteiger charge is 2.24. The number of benzene rings is 1. The normalized spacial score (nSPS) is 14.7. The average molecular weight is 345 g/mol. The van der Waals surface area contributed by atoms with Crippen molar-refractivity contribution in [1.29, 1.82) is 0 Å². The van der Waals surface area contributed by atoms with Crippen LogP contribution in [0.1, 0.15) is 24.6 Å². The van der Waals surface area contributed by atoms with Crippen molar-refractivity contribution in [1.82, 2.24) is 19.6 Å². The summed E-state index contributed by atoms with van der Waals surface area (Å²) in [5, 5.41) is 10.3. The first-order valence-corrected chi connectivity index (χ1v) is 7.69. The van der Waals surface area contributed by atoms with Gasteiger partial charge < -0.3 is 0 Å². The second-order valence-corrected chi connectivity index (χ2v) is 6.27. The first kappa shape index (κ1) is 12.8. The Balaban J connectivity index is 1.70. The smallest absolute Gasteiger partial charge is 0.269 e. The van der Waals surface area contributed by atoms with Crippen molar-refractivity contribution < 1.29 is 0 Å². The summed E-state index contributed by atoms with van der Waals surface area (Å²) >= 11 is 3.40. The number of hydrogen-bond acceptors (Lipinski definition) is 3. The highest BCUT2D eigenvalue weighted by Crippen LogP contribution is 2.33. The van der Waals surface area contributed by atoms with Gasteiger partial charge in [0, 0.05) is 16.1 Å². The zero-order valence-corrected chi connectivity index (χ0v) is 12.8. The number of aromatic nitrogens is 4. The van der Waals surface area contributed by atoms with Gasteiger partial charge in [0.05, 0.1) is 29.9 Å². The Labute approximate surface area is 129 Å². The van der Waals surface area contributed by atoms with Crippen LogP contribution in [0.4, 0.5) is 0 Å². The first-order chi connectivity index (χ1) is 10.2. The molecule has 1 saturated carbocycles. The van der Waals surface area contributed by atoms with Gasteiger partial charge in [-0.15, -0.1) is 0 Å². The molecule has 2 aromatic heterocycles. The highest BCUT2D eigenvalue weighted by molar-refractivity contribution is 9.10. The fourth-order valence-electron chi connectivity index (χ4n) is 2.43. The topological polar surface area (TPSA) is 52.7 Å². The molecule has 21 heavy (non-hydrogen) atoms. The monoisotopic (exact) mass is 344 g/mol. The molecular weight excluding hydrogens is 332 g/mol. The predicted molar refractivity (Wildman–Crippen MR) is 83.3 cm³/mol. The minimum Gasteiger partial charge on any atom is -0.269 e. The van der Waals surface area contributed by atoms with Gasteiger partial charge in [-0.1, -0.05) is 15.9 Å². The van der Waals surface area contributed by atoms with E-state index in [9.17, 15) is 4.79 Å². The molecule has 0 bridgehead atoms. The van der Waals surface area contributed by atoms with E-state index >= 15 is 0 Å². The third-order valence-electron chi connectivity index (χ3n) is 3.71. The van der Waals surface area contributed by atoms with Gasteiger partial charge >= 0.3 is 0 Å². The van der Waals surface area contributed by atoms with Crippen LogP contribution >= 0.6 is 15.9 Å². The van der Waals surface area contributed by atoms with Crippen LogP contribution in [0.5, 0.6) is 0 Å². The summed E-state index contributed by atoms with van der Waals surface area (Å²) in [4.78, 5) is 12.4. The summed E-state index contributed by atoms with van der Waals surface area (Å²) in [5.41, 5.74) is 0.786. The van der Waals surface area contributed by atoms with E-state index in [4.69, 9.17) is 0 Å². The second-order valence-electron chi connectivity index (χ2n) is 5.36. The van der Waals surface area contributed by atoms with Gasteiger partial charge in [-0.2, -0.15) is 10.2 Å². The van der Waals surface area contributed by atoms with E-state index in [1.54, 1.807) is 6.20 Å². The molecule has 2 heterocycles. The lowest BCUT2D eigenvalue weighted by molar-refractivity contribution is 0.593. The van der Waals surface area contributed by atoms with Crippen molar-refractivity contribution in [2.24, 2.45) is 0 Å². The van der Waals surface area contributed by atoms with Crippen molar-refractivity contribution >= 4 is 26.7 Å². The molecule has 0 saturated heterocycles. The van der Waals surface area contributed by atoms with Crippen LogP contribution in [0.15, 0.2) is 45.9 Å². The molecule has 0 spiro atoms. The van der Waals surface area contributed by atoms with Gasteiger partial charge in [0.1, 0.15) is 0 Å². The number of hydrogen-bond donors (Lipinski definition) is 0. The molecule has 1 aliphatic carbocycles. The van der Waals surface area contributed by atoms with Crippen molar-refractivity contribution in [2.75, 3.05) is 0 Å². The molecule has 1 aromatic carbocycles. The van der Waals surface area contributed by atoms with Crippen LogP contribution in [0, 0.1) is 0 Å². The third kappa shape index (κ3) is 2.40. The van der Waals surface area contributed by atoms with E-state index in [1.807, 2.05) is 35.1 Å². The molecule has 0 aliphatic heterocycles. The lowest BCUT2D eigenvalue weighted by Crippen LogP contribution is -2.23. The van der Waals surface area contributed by atoms with Crippen LogP contribution in [0.3, 0.4) is 0 Å². The molecule has 3 aromatic rings. The van der Waals surface area contributed by atoms with E-state index in [0.29, 0.717) is 18.0 Å². The van der Waals surface area contributed by atoms with E-state index in [2.05, 4.69) is 26.1 Å². The number of nitrogens with zero attached hydrogens (tertiary/aromatic N) is 4. The van der Waals surface area contributed by atoms with Gasteiger partial charge in [0.2, 0.25) is 0 Å². The summed E-state index contributed by atoms with van der Waals surface area (Å²) in [5.74, 6) is 0. The predicted octanol–water partition coefficient (Wildman–Crippen LogP) is 2.74. The molecule has 0 amide bonds. The molecule has 106 valence electrons. The summed E-state index contributed by atoms with van der Waals surface area (Å²) in [6, 6.07) is 8.10. The zero-order chi connectivity index (χ0) is 14.4. The largest absolute Gasteiger partial charge is 0.274 e. The van der Waals surface area contributed by atoms with Crippen LogP contribution in [-0.2, 0) is 6.54 Å². The van der Waals surface area contributed by atoms with Crippen molar-refractivity contribution in [3.63, 3.8) is 0 Å². The van der Waals surface area contributed by atoms with Crippen LogP contribution in [0.2, 0.25) is 0 Å². The Hall–Kier alpha value is -1.95. The van der Waals surface area contributed by atoms with Crippen LogP contribution in [-0.4, -0.2) is 19.6 Å². The Bertz CT molecular complexity index is 879. The van der Waals surface area contributed by atoms with Crippen LogP contribution in [0.25, 0.3) is 10.8 Å². The van der Waals surface area contributed by atoms with E-state index < -0.39 is 0 Å². The molecule has 4 rings (SSSR count). The van der Waals surface area contributed by atoms with Gasteiger partial charge in [-0.05, 0) is 37.1 Å². The zero-order valence-electron chi connectivity index (χ0n) is 11.2. The maximum Gasteiger partial charge on any atom is 0.274 e. The van der Waals surface area contributed by atoms with Crippen LogP contribution < -0.4 is 5.56 Å². The molecule has 0 N–H and O–H groups in total. The average Bonchev–Trinajstić information content (AvgIpc) is 3.22. The maximum absolute atomic E-state index is 12.4. The lowest BCUT2D eigenvalue weighted by Gasteiger charge is -2.04. The Morgan fingerprint density at radius 1 is 1.29 bits per heavy atom. The van der Waals surface area contributed by atoms with Crippen molar-refractivity contribution in [3.8, 4) is 0 Å². The fraction of sp³-hybridized carbons (Fsp3) is 0.267. The Morgan fingerprint density at radius 2 is 2.14 bits per heavy atom. The first-order valence-electron chi connectivity index (χ1n) is 6.90. The number of rotatable bonds is 3. The van der Waals surface area contributed by atoms with Gasteiger partial charge in [0.25, 0.3) is 5.56 Å². The van der Waals surface area contributed by atoms with Gasteiger partial charge in [0.15, 0.2) is 0 Å². The van der Waals surface area contributed by atoms with Crippen molar-refractivity contribution in [2.45, 2.75) is 25.4 Å². The molecule has 0 unspecified atom stereocenters. The quantitative estimate of drug-likeness (QED) is 0.734. The minimum absolute atomic E-state index is 0.0824. The summed E-state index contributed by atoms with van der Waals surface area (Å²) in [7, 11) is 0. The van der Waals surface area contributed by atoms with Crippen molar-refractivity contribution in [3.05, 3.63) is 57.2 Å². The summed E-state index contributed by atoms with van der Waals surface area (Å²) in [6.07, 6.45) is 6.10. The molecular formula is C15H13BrN4O. The van der Waals surface area contributed by atoms with E-state index in [0.717, 1.165) is 15.6 Å². The molecule has 0 atom stereocenters. The second kappa shape index (κ2) is 4.80. The summed E-state index contributed by atoms with van der Waals surface area (Å²) in [6.45, 7) is 0.407. The fourth-order valence-corrected chi connectivity index (χ4v) is 2.81. The Morgan fingerprint density at radius 3 is 2.95 bits per heavy atom. The van der Waals surface area contributed by atoms with Gasteiger partial charge in [-0.3, -0.25) is 9.48 Å². The summed E-state index contributed by atoms with van der Waals surface area (Å²) < 4.78 is 4.39.